The lowest BCUT2D eigenvalue weighted by Gasteiger charge is -2.24. The summed E-state index contributed by atoms with van der Waals surface area (Å²) in [5.74, 6) is 0. The molecule has 1 atom stereocenters. The summed E-state index contributed by atoms with van der Waals surface area (Å²) in [7, 11) is 1.61. The van der Waals surface area contributed by atoms with Crippen molar-refractivity contribution in [1.82, 2.24) is 5.32 Å². The first-order valence-electron chi connectivity index (χ1n) is 4.82. The van der Waals surface area contributed by atoms with Gasteiger partial charge in [-0.05, 0) is 36.4 Å². The minimum Gasteiger partial charge on any atom is -0.350 e. The zero-order chi connectivity index (χ0) is 12.2. The number of amides is 1. The number of benzene rings is 1. The molecule has 0 fully saturated rings. The molecule has 0 radical (unpaired) electrons. The van der Waals surface area contributed by atoms with Gasteiger partial charge in [0.05, 0.1) is 4.75 Å². The fourth-order valence-corrected chi connectivity index (χ4v) is 2.19. The zero-order valence-corrected chi connectivity index (χ0v) is 10.9. The largest absolute Gasteiger partial charge is 0.350 e. The second-order valence-corrected chi connectivity index (χ2v) is 5.32. The van der Waals surface area contributed by atoms with Crippen LogP contribution in [0.15, 0.2) is 36.9 Å². The Morgan fingerprint density at radius 1 is 1.50 bits per heavy atom. The maximum absolute atomic E-state index is 11.4. The highest BCUT2D eigenvalue weighted by molar-refractivity contribution is 8.14. The Hall–Kier alpha value is -0.930. The van der Waals surface area contributed by atoms with Gasteiger partial charge in [-0.15, -0.1) is 6.58 Å². The lowest BCUT2D eigenvalue weighted by atomic mass is 10.0. The molecule has 4 heteroatoms. The summed E-state index contributed by atoms with van der Waals surface area (Å²) in [6.45, 7) is 5.73. The molecule has 2 nitrogen and oxygen atoms in total. The molecule has 0 aliphatic carbocycles. The van der Waals surface area contributed by atoms with E-state index >= 15 is 0 Å². The van der Waals surface area contributed by atoms with E-state index in [9.17, 15) is 4.79 Å². The van der Waals surface area contributed by atoms with Gasteiger partial charge in [-0.1, -0.05) is 29.8 Å². The average Bonchev–Trinajstić information content (AvgIpc) is 2.29. The summed E-state index contributed by atoms with van der Waals surface area (Å²) < 4.78 is -0.440. The number of carbonyl (C=O) groups excluding carboxylic acids is 1. The van der Waals surface area contributed by atoms with Gasteiger partial charge in [-0.2, -0.15) is 0 Å². The Morgan fingerprint density at radius 3 is 2.50 bits per heavy atom. The second kappa shape index (κ2) is 5.41. The number of thioether (sulfide) groups is 1. The quantitative estimate of drug-likeness (QED) is 0.832. The Labute approximate surface area is 105 Å². The van der Waals surface area contributed by atoms with Crippen LogP contribution in [0.5, 0.6) is 0 Å². The van der Waals surface area contributed by atoms with Crippen molar-refractivity contribution >= 4 is 28.6 Å². The van der Waals surface area contributed by atoms with Crippen LogP contribution in [0.1, 0.15) is 12.5 Å². The standard InChI is InChI=1S/C12H14ClNOS/c1-4-12(2,16-11(15)14-3)9-5-7-10(13)8-6-9/h4-8H,1H2,2-3H3,(H,14,15)/t12-/m0/s1. The third-order valence-corrected chi connectivity index (χ3v) is 3.78. The number of rotatable bonds is 3. The van der Waals surface area contributed by atoms with E-state index in [0.717, 1.165) is 5.56 Å². The molecule has 0 heterocycles. The topological polar surface area (TPSA) is 29.1 Å². The van der Waals surface area contributed by atoms with Gasteiger partial charge in [0.25, 0.3) is 5.24 Å². The molecule has 1 amide bonds. The first kappa shape index (κ1) is 13.1. The van der Waals surface area contributed by atoms with E-state index in [1.165, 1.54) is 11.8 Å². The molecule has 86 valence electrons. The summed E-state index contributed by atoms with van der Waals surface area (Å²) in [5.41, 5.74) is 1.00. The van der Waals surface area contributed by atoms with Gasteiger partial charge in [0, 0.05) is 12.1 Å². The van der Waals surface area contributed by atoms with Gasteiger partial charge in [0.15, 0.2) is 0 Å². The molecule has 0 aliphatic heterocycles. The Balaban J connectivity index is 2.99. The summed E-state index contributed by atoms with van der Waals surface area (Å²) >= 11 is 7.02. The van der Waals surface area contributed by atoms with Crippen LogP contribution in [0.25, 0.3) is 0 Å². The number of nitrogens with one attached hydrogen (secondary N) is 1. The molecule has 0 spiro atoms. The third kappa shape index (κ3) is 3.03. The van der Waals surface area contributed by atoms with Gasteiger partial charge in [-0.3, -0.25) is 4.79 Å². The van der Waals surface area contributed by atoms with E-state index in [0.29, 0.717) is 5.02 Å². The fraction of sp³-hybridized carbons (Fsp3) is 0.250. The average molecular weight is 256 g/mol. The fourth-order valence-electron chi connectivity index (χ4n) is 1.24. The molecule has 16 heavy (non-hydrogen) atoms. The van der Waals surface area contributed by atoms with Crippen LogP contribution in [-0.4, -0.2) is 12.3 Å². The third-order valence-electron chi connectivity index (χ3n) is 2.32. The Kier molecular flexibility index (Phi) is 4.44. The minimum absolute atomic E-state index is 0.0858. The van der Waals surface area contributed by atoms with Crippen molar-refractivity contribution in [3.8, 4) is 0 Å². The van der Waals surface area contributed by atoms with Crippen molar-refractivity contribution in [2.24, 2.45) is 0 Å². The predicted octanol–water partition coefficient (Wildman–Crippen LogP) is 3.81. The maximum atomic E-state index is 11.4. The summed E-state index contributed by atoms with van der Waals surface area (Å²) in [5, 5.41) is 3.18. The van der Waals surface area contributed by atoms with Gasteiger partial charge in [0.2, 0.25) is 0 Å². The number of hydrogen-bond donors (Lipinski definition) is 1. The highest BCUT2D eigenvalue weighted by Gasteiger charge is 2.26. The van der Waals surface area contributed by atoms with Crippen LogP contribution < -0.4 is 5.32 Å². The van der Waals surface area contributed by atoms with Gasteiger partial charge >= 0.3 is 0 Å². The number of hydrogen-bond acceptors (Lipinski definition) is 2. The van der Waals surface area contributed by atoms with E-state index in [4.69, 9.17) is 11.6 Å². The lowest BCUT2D eigenvalue weighted by molar-refractivity contribution is 0.262. The van der Waals surface area contributed by atoms with Gasteiger partial charge in [-0.25, -0.2) is 0 Å². The predicted molar refractivity (Wildman–Crippen MR) is 71.0 cm³/mol. The number of halogens is 1. The second-order valence-electron chi connectivity index (χ2n) is 3.46. The first-order valence-corrected chi connectivity index (χ1v) is 6.01. The summed E-state index contributed by atoms with van der Waals surface area (Å²) in [6, 6.07) is 7.42. The minimum atomic E-state index is -0.440. The monoisotopic (exact) mass is 255 g/mol. The van der Waals surface area contributed by atoms with Crippen molar-refractivity contribution < 1.29 is 4.79 Å². The zero-order valence-electron chi connectivity index (χ0n) is 9.29. The Morgan fingerprint density at radius 2 is 2.06 bits per heavy atom. The van der Waals surface area contributed by atoms with Gasteiger partial charge < -0.3 is 5.32 Å². The molecule has 1 aromatic carbocycles. The summed E-state index contributed by atoms with van der Waals surface area (Å²) in [6.07, 6.45) is 1.76. The van der Waals surface area contributed by atoms with Crippen LogP contribution in [0.2, 0.25) is 5.02 Å². The SMILES string of the molecule is C=C[C@](C)(SC(=O)NC)c1ccc(Cl)cc1. The van der Waals surface area contributed by atoms with E-state index in [1.807, 2.05) is 31.2 Å². The smallest absolute Gasteiger partial charge is 0.279 e. The summed E-state index contributed by atoms with van der Waals surface area (Å²) in [4.78, 5) is 11.4. The molecule has 0 aromatic heterocycles. The van der Waals surface area contributed by atoms with Crippen LogP contribution in [0.4, 0.5) is 4.79 Å². The molecule has 0 aliphatic rings. The van der Waals surface area contributed by atoms with E-state index in [1.54, 1.807) is 13.1 Å². The van der Waals surface area contributed by atoms with Crippen molar-refractivity contribution in [3.63, 3.8) is 0 Å². The van der Waals surface area contributed by atoms with E-state index in [2.05, 4.69) is 11.9 Å². The van der Waals surface area contributed by atoms with Gasteiger partial charge in [0.1, 0.15) is 0 Å². The Bertz CT molecular complexity index is 391. The number of carbonyl (C=O) groups is 1. The normalized spacial score (nSPS) is 13.9. The molecule has 1 aromatic rings. The molecular formula is C12H14ClNOS. The van der Waals surface area contributed by atoms with Crippen molar-refractivity contribution in [3.05, 3.63) is 47.5 Å². The maximum Gasteiger partial charge on any atom is 0.279 e. The van der Waals surface area contributed by atoms with Crippen molar-refractivity contribution in [2.75, 3.05) is 7.05 Å². The highest BCUT2D eigenvalue weighted by Crippen LogP contribution is 2.37. The molecule has 0 saturated heterocycles. The van der Waals surface area contributed by atoms with E-state index < -0.39 is 4.75 Å². The van der Waals surface area contributed by atoms with E-state index in [-0.39, 0.29) is 5.24 Å². The molecule has 1 N–H and O–H groups in total. The van der Waals surface area contributed by atoms with Crippen molar-refractivity contribution in [1.29, 1.82) is 0 Å². The van der Waals surface area contributed by atoms with Crippen LogP contribution >= 0.6 is 23.4 Å². The highest BCUT2D eigenvalue weighted by atomic mass is 35.5. The van der Waals surface area contributed by atoms with Crippen LogP contribution in [0.3, 0.4) is 0 Å². The van der Waals surface area contributed by atoms with Crippen LogP contribution in [0, 0.1) is 0 Å². The molecule has 0 bridgehead atoms. The first-order chi connectivity index (χ1) is 7.51. The molecule has 1 rings (SSSR count). The van der Waals surface area contributed by atoms with Crippen LogP contribution in [-0.2, 0) is 4.75 Å². The van der Waals surface area contributed by atoms with Crippen molar-refractivity contribution in [2.45, 2.75) is 11.7 Å². The lowest BCUT2D eigenvalue weighted by Crippen LogP contribution is -2.22. The molecule has 0 unspecified atom stereocenters. The molecule has 0 saturated carbocycles. The molecular weight excluding hydrogens is 242 g/mol.